The average Bonchev–Trinajstić information content (AvgIpc) is 2.37. The number of hydrogen-bond acceptors (Lipinski definition) is 2. The summed E-state index contributed by atoms with van der Waals surface area (Å²) in [5, 5.41) is 9.72. The van der Waals surface area contributed by atoms with Crippen LogP contribution in [0.25, 0.3) is 0 Å². The highest BCUT2D eigenvalue weighted by molar-refractivity contribution is 7.98. The first-order chi connectivity index (χ1) is 8.28. The molecule has 0 aromatic heterocycles. The Kier molecular flexibility index (Phi) is 4.49. The minimum atomic E-state index is 0.0965. The van der Waals surface area contributed by atoms with E-state index in [0.29, 0.717) is 0 Å². The lowest BCUT2D eigenvalue weighted by Crippen LogP contribution is -1.83. The molecule has 0 bridgehead atoms. The molecule has 2 rings (SSSR count). The summed E-state index contributed by atoms with van der Waals surface area (Å²) in [6.07, 6.45) is 0. The van der Waals surface area contributed by atoms with Crippen LogP contribution in [0.1, 0.15) is 11.1 Å². The summed E-state index contributed by atoms with van der Waals surface area (Å²) in [6.45, 7) is 0.0965. The Labute approximate surface area is 110 Å². The maximum absolute atomic E-state index is 8.95. The Bertz CT molecular complexity index is 482. The van der Waals surface area contributed by atoms with Crippen molar-refractivity contribution in [3.8, 4) is 0 Å². The molecule has 0 aliphatic heterocycles. The molecule has 0 amide bonds. The minimum Gasteiger partial charge on any atom is -0.392 e. The number of rotatable bonds is 4. The summed E-state index contributed by atoms with van der Waals surface area (Å²) in [4.78, 5) is 1.20. The summed E-state index contributed by atoms with van der Waals surface area (Å²) in [6, 6.07) is 15.8. The van der Waals surface area contributed by atoms with Gasteiger partial charge in [0.1, 0.15) is 0 Å². The molecule has 2 aromatic rings. The van der Waals surface area contributed by atoms with E-state index in [1.54, 1.807) is 11.8 Å². The van der Waals surface area contributed by atoms with E-state index in [1.165, 1.54) is 10.5 Å². The molecule has 1 nitrogen and oxygen atoms in total. The van der Waals surface area contributed by atoms with Crippen LogP contribution < -0.4 is 0 Å². The first-order valence-corrected chi connectivity index (χ1v) is 6.71. The molecule has 2 aromatic carbocycles. The second kappa shape index (κ2) is 6.10. The highest BCUT2D eigenvalue weighted by atomic mass is 35.5. The van der Waals surface area contributed by atoms with Gasteiger partial charge in [0.05, 0.1) is 6.61 Å². The van der Waals surface area contributed by atoms with E-state index in [4.69, 9.17) is 16.7 Å². The topological polar surface area (TPSA) is 20.2 Å². The summed E-state index contributed by atoms with van der Waals surface area (Å²) in [5.74, 6) is 0.902. The van der Waals surface area contributed by atoms with Crippen molar-refractivity contribution in [3.63, 3.8) is 0 Å². The van der Waals surface area contributed by atoms with Gasteiger partial charge in [-0.05, 0) is 35.4 Å². The predicted molar refractivity (Wildman–Crippen MR) is 73.4 cm³/mol. The second-order valence-corrected chi connectivity index (χ2v) is 5.21. The molecule has 0 atom stereocenters. The standard InChI is InChI=1S/C14H13ClOS/c15-13-3-1-2-12(8-13)10-17-14-6-4-11(9-16)5-7-14/h1-8,16H,9-10H2. The fraction of sp³-hybridized carbons (Fsp3) is 0.143. The molecule has 0 spiro atoms. The lowest BCUT2D eigenvalue weighted by molar-refractivity contribution is 0.282. The van der Waals surface area contributed by atoms with Crippen molar-refractivity contribution in [2.45, 2.75) is 17.3 Å². The number of halogens is 1. The number of benzene rings is 2. The van der Waals surface area contributed by atoms with Gasteiger partial charge in [-0.25, -0.2) is 0 Å². The molecule has 0 heterocycles. The molecular weight excluding hydrogens is 252 g/mol. The van der Waals surface area contributed by atoms with Crippen molar-refractivity contribution < 1.29 is 5.11 Å². The van der Waals surface area contributed by atoms with Crippen LogP contribution in [0.5, 0.6) is 0 Å². The SMILES string of the molecule is OCc1ccc(SCc2cccc(Cl)c2)cc1. The largest absolute Gasteiger partial charge is 0.392 e. The molecule has 0 saturated heterocycles. The summed E-state index contributed by atoms with van der Waals surface area (Å²) in [7, 11) is 0. The number of aliphatic hydroxyl groups excluding tert-OH is 1. The first kappa shape index (κ1) is 12.5. The van der Waals surface area contributed by atoms with Crippen LogP contribution >= 0.6 is 23.4 Å². The van der Waals surface area contributed by atoms with Gasteiger partial charge in [0.15, 0.2) is 0 Å². The van der Waals surface area contributed by atoms with Crippen LogP contribution in [0.4, 0.5) is 0 Å². The third-order valence-electron chi connectivity index (χ3n) is 2.40. The quantitative estimate of drug-likeness (QED) is 0.838. The minimum absolute atomic E-state index is 0.0965. The fourth-order valence-electron chi connectivity index (χ4n) is 1.48. The van der Waals surface area contributed by atoms with Gasteiger partial charge < -0.3 is 5.11 Å². The van der Waals surface area contributed by atoms with Crippen LogP contribution in [0.3, 0.4) is 0 Å². The van der Waals surface area contributed by atoms with Gasteiger partial charge in [0.25, 0.3) is 0 Å². The number of thioether (sulfide) groups is 1. The van der Waals surface area contributed by atoms with Crippen molar-refractivity contribution in [2.75, 3.05) is 0 Å². The van der Waals surface area contributed by atoms with Crippen LogP contribution in [0.2, 0.25) is 5.02 Å². The van der Waals surface area contributed by atoms with Gasteiger partial charge in [0.2, 0.25) is 0 Å². The Balaban J connectivity index is 1.97. The molecule has 0 aliphatic carbocycles. The maximum Gasteiger partial charge on any atom is 0.0681 e. The smallest absolute Gasteiger partial charge is 0.0681 e. The second-order valence-electron chi connectivity index (χ2n) is 3.72. The van der Waals surface area contributed by atoms with Gasteiger partial charge in [-0.3, -0.25) is 0 Å². The first-order valence-electron chi connectivity index (χ1n) is 5.35. The number of hydrogen-bond donors (Lipinski definition) is 1. The van der Waals surface area contributed by atoms with Gasteiger partial charge >= 0.3 is 0 Å². The third kappa shape index (κ3) is 3.77. The Morgan fingerprint density at radius 2 is 1.76 bits per heavy atom. The van der Waals surface area contributed by atoms with Crippen LogP contribution in [0.15, 0.2) is 53.4 Å². The van der Waals surface area contributed by atoms with Crippen LogP contribution in [0, 0.1) is 0 Å². The van der Waals surface area contributed by atoms with Gasteiger partial charge in [-0.15, -0.1) is 11.8 Å². The summed E-state index contributed by atoms with van der Waals surface area (Å²) < 4.78 is 0. The zero-order valence-corrected chi connectivity index (χ0v) is 10.8. The summed E-state index contributed by atoms with van der Waals surface area (Å²) >= 11 is 7.69. The third-order valence-corrected chi connectivity index (χ3v) is 3.72. The zero-order valence-electron chi connectivity index (χ0n) is 9.27. The molecule has 0 saturated carbocycles. The molecule has 0 radical (unpaired) electrons. The lowest BCUT2D eigenvalue weighted by atomic mass is 10.2. The molecule has 3 heteroatoms. The van der Waals surface area contributed by atoms with Crippen molar-refractivity contribution in [1.29, 1.82) is 0 Å². The highest BCUT2D eigenvalue weighted by Crippen LogP contribution is 2.24. The molecule has 0 aliphatic rings. The van der Waals surface area contributed by atoms with Crippen molar-refractivity contribution >= 4 is 23.4 Å². The van der Waals surface area contributed by atoms with E-state index in [-0.39, 0.29) is 6.61 Å². The van der Waals surface area contributed by atoms with Crippen LogP contribution in [-0.2, 0) is 12.4 Å². The normalized spacial score (nSPS) is 10.5. The number of aliphatic hydroxyl groups is 1. The van der Waals surface area contributed by atoms with Crippen LogP contribution in [-0.4, -0.2) is 5.11 Å². The molecule has 1 N–H and O–H groups in total. The van der Waals surface area contributed by atoms with Crippen molar-refractivity contribution in [1.82, 2.24) is 0 Å². The highest BCUT2D eigenvalue weighted by Gasteiger charge is 1.98. The molecule has 17 heavy (non-hydrogen) atoms. The maximum atomic E-state index is 8.95. The van der Waals surface area contributed by atoms with Crippen molar-refractivity contribution in [2.24, 2.45) is 0 Å². The van der Waals surface area contributed by atoms with Gasteiger partial charge in [-0.2, -0.15) is 0 Å². The van der Waals surface area contributed by atoms with E-state index < -0.39 is 0 Å². The van der Waals surface area contributed by atoms with E-state index >= 15 is 0 Å². The monoisotopic (exact) mass is 264 g/mol. The predicted octanol–water partition coefficient (Wildman–Crippen LogP) is 4.12. The van der Waals surface area contributed by atoms with Gasteiger partial charge in [-0.1, -0.05) is 35.9 Å². The van der Waals surface area contributed by atoms with E-state index in [1.807, 2.05) is 42.5 Å². The van der Waals surface area contributed by atoms with E-state index in [0.717, 1.165) is 16.3 Å². The molecule has 88 valence electrons. The summed E-state index contributed by atoms with van der Waals surface area (Å²) in [5.41, 5.74) is 2.16. The molecule has 0 fully saturated rings. The average molecular weight is 265 g/mol. The van der Waals surface area contributed by atoms with Gasteiger partial charge in [0, 0.05) is 15.7 Å². The van der Waals surface area contributed by atoms with Crippen molar-refractivity contribution in [3.05, 3.63) is 64.7 Å². The van der Waals surface area contributed by atoms with E-state index in [9.17, 15) is 0 Å². The Hall–Kier alpha value is -0.960. The zero-order chi connectivity index (χ0) is 12.1. The van der Waals surface area contributed by atoms with E-state index in [2.05, 4.69) is 6.07 Å². The molecular formula is C14H13ClOS. The lowest BCUT2D eigenvalue weighted by Gasteiger charge is -2.03. The Morgan fingerprint density at radius 1 is 1.00 bits per heavy atom. The molecule has 0 unspecified atom stereocenters. The fourth-order valence-corrected chi connectivity index (χ4v) is 2.54. The Morgan fingerprint density at radius 3 is 2.41 bits per heavy atom.